The third-order valence-electron chi connectivity index (χ3n) is 3.19. The van der Waals surface area contributed by atoms with Crippen molar-refractivity contribution in [2.45, 2.75) is 51.4 Å². The van der Waals surface area contributed by atoms with E-state index in [-0.39, 0.29) is 0 Å². The molecule has 0 spiro atoms. The average Bonchev–Trinajstić information content (AvgIpc) is 2.42. The summed E-state index contributed by atoms with van der Waals surface area (Å²) in [7, 11) is 0. The van der Waals surface area contributed by atoms with Crippen molar-refractivity contribution in [2.24, 2.45) is 0 Å². The van der Waals surface area contributed by atoms with Crippen molar-refractivity contribution in [1.29, 1.82) is 0 Å². The standard InChI is InChI=1S/C17H23IO2/c18-16-13-11-15(12-14-16)9-7-5-3-1-2-4-6-8-10-17(19)20/h5,7,11-14H,1-4,6,8-10H2,(H,19,20)/b7-5+. The normalized spacial score (nSPS) is 11.1. The van der Waals surface area contributed by atoms with Gasteiger partial charge in [-0.1, -0.05) is 43.5 Å². The molecule has 20 heavy (non-hydrogen) atoms. The number of benzene rings is 1. The predicted molar refractivity (Wildman–Crippen MR) is 92.0 cm³/mol. The molecule has 0 aliphatic heterocycles. The van der Waals surface area contributed by atoms with Crippen molar-refractivity contribution in [3.8, 4) is 0 Å². The van der Waals surface area contributed by atoms with Crippen LogP contribution in [0.5, 0.6) is 0 Å². The number of hydrogen-bond donors (Lipinski definition) is 1. The SMILES string of the molecule is O=C(O)CCCCCCC/C=C/Cc1ccc(I)cc1. The summed E-state index contributed by atoms with van der Waals surface area (Å²) in [5, 5.41) is 8.51. The van der Waals surface area contributed by atoms with E-state index < -0.39 is 5.97 Å². The zero-order chi connectivity index (χ0) is 14.6. The highest BCUT2D eigenvalue weighted by Gasteiger charge is 1.96. The Morgan fingerprint density at radius 2 is 1.65 bits per heavy atom. The Kier molecular flexibility index (Phi) is 9.37. The van der Waals surface area contributed by atoms with E-state index in [1.54, 1.807) is 0 Å². The molecule has 0 bridgehead atoms. The zero-order valence-corrected chi connectivity index (χ0v) is 14.0. The second-order valence-corrected chi connectivity index (χ2v) is 6.25. The third kappa shape index (κ3) is 9.13. The smallest absolute Gasteiger partial charge is 0.303 e. The summed E-state index contributed by atoms with van der Waals surface area (Å²) in [4.78, 5) is 10.3. The molecule has 110 valence electrons. The van der Waals surface area contributed by atoms with Crippen LogP contribution < -0.4 is 0 Å². The molecule has 0 amide bonds. The molecule has 0 unspecified atom stereocenters. The summed E-state index contributed by atoms with van der Waals surface area (Å²) in [6.45, 7) is 0. The quantitative estimate of drug-likeness (QED) is 0.341. The maximum atomic E-state index is 10.3. The first-order chi connectivity index (χ1) is 9.68. The van der Waals surface area contributed by atoms with Gasteiger partial charge in [-0.15, -0.1) is 0 Å². The molecule has 0 heterocycles. The van der Waals surface area contributed by atoms with Crippen LogP contribution in [0.25, 0.3) is 0 Å². The van der Waals surface area contributed by atoms with Gasteiger partial charge in [-0.25, -0.2) is 0 Å². The number of allylic oxidation sites excluding steroid dienone is 2. The third-order valence-corrected chi connectivity index (χ3v) is 3.91. The molecule has 1 rings (SSSR count). The minimum absolute atomic E-state index is 0.315. The van der Waals surface area contributed by atoms with Crippen molar-refractivity contribution >= 4 is 28.6 Å². The van der Waals surface area contributed by atoms with Crippen LogP contribution in [0.2, 0.25) is 0 Å². The van der Waals surface area contributed by atoms with E-state index in [0.717, 1.165) is 32.1 Å². The maximum absolute atomic E-state index is 10.3. The molecule has 2 nitrogen and oxygen atoms in total. The fourth-order valence-electron chi connectivity index (χ4n) is 2.03. The summed E-state index contributed by atoms with van der Waals surface area (Å²) in [5.41, 5.74) is 1.36. The Morgan fingerprint density at radius 1 is 1.00 bits per heavy atom. The summed E-state index contributed by atoms with van der Waals surface area (Å²) in [6.07, 6.45) is 12.4. The second kappa shape index (κ2) is 10.9. The molecule has 0 saturated heterocycles. The lowest BCUT2D eigenvalue weighted by Gasteiger charge is -1.99. The summed E-state index contributed by atoms with van der Waals surface area (Å²) in [6, 6.07) is 8.63. The van der Waals surface area contributed by atoms with E-state index in [9.17, 15) is 4.79 Å². The van der Waals surface area contributed by atoms with Crippen molar-refractivity contribution in [3.05, 3.63) is 45.6 Å². The minimum atomic E-state index is -0.677. The fraction of sp³-hybridized carbons (Fsp3) is 0.471. The predicted octanol–water partition coefficient (Wildman–Crippen LogP) is 5.21. The average molecular weight is 386 g/mol. The van der Waals surface area contributed by atoms with Crippen LogP contribution >= 0.6 is 22.6 Å². The highest BCUT2D eigenvalue weighted by Crippen LogP contribution is 2.09. The lowest BCUT2D eigenvalue weighted by molar-refractivity contribution is -0.137. The fourth-order valence-corrected chi connectivity index (χ4v) is 2.39. The molecular weight excluding hydrogens is 363 g/mol. The molecular formula is C17H23IO2. The van der Waals surface area contributed by atoms with Crippen molar-refractivity contribution in [2.75, 3.05) is 0 Å². The molecule has 0 aromatic heterocycles. The van der Waals surface area contributed by atoms with E-state index in [1.807, 2.05) is 0 Å². The van der Waals surface area contributed by atoms with Gasteiger partial charge in [0.25, 0.3) is 0 Å². The highest BCUT2D eigenvalue weighted by atomic mass is 127. The monoisotopic (exact) mass is 386 g/mol. The van der Waals surface area contributed by atoms with Gasteiger partial charge in [0.05, 0.1) is 0 Å². The van der Waals surface area contributed by atoms with E-state index in [2.05, 4.69) is 59.0 Å². The maximum Gasteiger partial charge on any atom is 0.303 e. The topological polar surface area (TPSA) is 37.3 Å². The summed E-state index contributed by atoms with van der Waals surface area (Å²) >= 11 is 2.32. The van der Waals surface area contributed by atoms with Crippen molar-refractivity contribution in [3.63, 3.8) is 0 Å². The number of unbranched alkanes of at least 4 members (excludes halogenated alkanes) is 5. The number of carbonyl (C=O) groups is 1. The van der Waals surface area contributed by atoms with Gasteiger partial charge in [0.15, 0.2) is 0 Å². The molecule has 1 aromatic rings. The summed E-state index contributed by atoms with van der Waals surface area (Å²) < 4.78 is 1.28. The van der Waals surface area contributed by atoms with Crippen LogP contribution in [0.4, 0.5) is 0 Å². The minimum Gasteiger partial charge on any atom is -0.481 e. The Labute approximate surface area is 135 Å². The van der Waals surface area contributed by atoms with Gasteiger partial charge < -0.3 is 5.11 Å². The summed E-state index contributed by atoms with van der Waals surface area (Å²) in [5.74, 6) is -0.677. The largest absolute Gasteiger partial charge is 0.481 e. The Bertz CT molecular complexity index is 410. The number of aliphatic carboxylic acids is 1. The molecule has 1 aromatic carbocycles. The van der Waals surface area contributed by atoms with Crippen LogP contribution in [0.1, 0.15) is 50.5 Å². The van der Waals surface area contributed by atoms with Crippen molar-refractivity contribution < 1.29 is 9.90 Å². The van der Waals surface area contributed by atoms with Crippen molar-refractivity contribution in [1.82, 2.24) is 0 Å². The highest BCUT2D eigenvalue weighted by molar-refractivity contribution is 14.1. The number of carboxylic acids is 1. The van der Waals surface area contributed by atoms with Crippen LogP contribution in [0, 0.1) is 3.57 Å². The molecule has 0 aliphatic rings. The van der Waals surface area contributed by atoms with Gasteiger partial charge in [0.1, 0.15) is 0 Å². The van der Waals surface area contributed by atoms with Gasteiger partial charge in [0, 0.05) is 9.99 Å². The number of hydrogen-bond acceptors (Lipinski definition) is 1. The molecule has 0 fully saturated rings. The number of carboxylic acid groups (broad SMARTS) is 1. The first kappa shape index (κ1) is 17.2. The molecule has 3 heteroatoms. The van der Waals surface area contributed by atoms with E-state index in [0.29, 0.717) is 6.42 Å². The van der Waals surface area contributed by atoms with Gasteiger partial charge in [-0.05, 0) is 66.0 Å². The Morgan fingerprint density at radius 3 is 2.35 bits per heavy atom. The Balaban J connectivity index is 1.97. The molecule has 0 atom stereocenters. The number of halogens is 1. The van der Waals surface area contributed by atoms with Gasteiger partial charge in [-0.3, -0.25) is 4.79 Å². The first-order valence-electron chi connectivity index (χ1n) is 7.30. The lowest BCUT2D eigenvalue weighted by Crippen LogP contribution is -1.93. The van der Waals surface area contributed by atoms with E-state index in [4.69, 9.17) is 5.11 Å². The van der Waals surface area contributed by atoms with E-state index in [1.165, 1.54) is 22.0 Å². The second-order valence-electron chi connectivity index (χ2n) is 5.00. The molecule has 0 radical (unpaired) electrons. The lowest BCUT2D eigenvalue weighted by atomic mass is 10.1. The first-order valence-corrected chi connectivity index (χ1v) is 8.37. The van der Waals surface area contributed by atoms with Crippen LogP contribution in [-0.2, 0) is 11.2 Å². The van der Waals surface area contributed by atoms with Gasteiger partial charge in [0.2, 0.25) is 0 Å². The van der Waals surface area contributed by atoms with Crippen LogP contribution in [0.3, 0.4) is 0 Å². The molecule has 1 N–H and O–H groups in total. The van der Waals surface area contributed by atoms with Crippen LogP contribution in [-0.4, -0.2) is 11.1 Å². The molecule has 0 saturated carbocycles. The van der Waals surface area contributed by atoms with Gasteiger partial charge in [-0.2, -0.15) is 0 Å². The van der Waals surface area contributed by atoms with E-state index >= 15 is 0 Å². The molecule has 0 aliphatic carbocycles. The Hall–Kier alpha value is -0.840. The van der Waals surface area contributed by atoms with Crippen LogP contribution in [0.15, 0.2) is 36.4 Å². The number of rotatable bonds is 10. The zero-order valence-electron chi connectivity index (χ0n) is 11.9. The van der Waals surface area contributed by atoms with Gasteiger partial charge >= 0.3 is 5.97 Å².